The number of amides is 1. The van der Waals surface area contributed by atoms with Crippen molar-refractivity contribution >= 4 is 27.6 Å². The van der Waals surface area contributed by atoms with E-state index in [0.717, 1.165) is 35.5 Å². The number of aromatic nitrogens is 1. The van der Waals surface area contributed by atoms with Crippen LogP contribution in [0.1, 0.15) is 24.2 Å². The van der Waals surface area contributed by atoms with E-state index in [1.54, 1.807) is 0 Å². The number of nitrogens with zero attached hydrogens (tertiary/aromatic N) is 2. The fraction of sp³-hybridized carbons (Fsp3) is 0.500. The second-order valence-corrected chi connectivity index (χ2v) is 8.70. The van der Waals surface area contributed by atoms with Gasteiger partial charge in [-0.05, 0) is 19.9 Å². The third-order valence-corrected chi connectivity index (χ3v) is 6.13. The molecule has 130 valence electrons. The van der Waals surface area contributed by atoms with Crippen LogP contribution in [0.15, 0.2) is 30.5 Å². The van der Waals surface area contributed by atoms with Gasteiger partial charge in [0.15, 0.2) is 0 Å². The number of hydrogen-bond acceptors (Lipinski definition) is 3. The highest BCUT2D eigenvalue weighted by molar-refractivity contribution is 7.85. The number of aryl methyl sites for hydroxylation is 1. The first-order valence-corrected chi connectivity index (χ1v) is 9.79. The Balaban J connectivity index is 1.69. The number of para-hydroxylation sites is 1. The van der Waals surface area contributed by atoms with E-state index in [1.165, 1.54) is 0 Å². The minimum atomic E-state index is -0.683. The van der Waals surface area contributed by atoms with Crippen molar-refractivity contribution in [1.29, 1.82) is 0 Å². The Kier molecular flexibility index (Phi) is 4.78. The molecule has 0 atom stereocenters. The van der Waals surface area contributed by atoms with Crippen LogP contribution >= 0.6 is 0 Å². The van der Waals surface area contributed by atoms with Crippen LogP contribution in [0.25, 0.3) is 10.9 Å². The Hall–Kier alpha value is -1.66. The molecular formula is C18H25N3O2S. The molecule has 1 amide bonds. The summed E-state index contributed by atoms with van der Waals surface area (Å²) in [5.41, 5.74) is 1.62. The van der Waals surface area contributed by atoms with Crippen molar-refractivity contribution < 1.29 is 9.00 Å². The van der Waals surface area contributed by atoms with Crippen molar-refractivity contribution in [2.45, 2.75) is 19.4 Å². The Labute approximate surface area is 145 Å². The van der Waals surface area contributed by atoms with Crippen LogP contribution in [-0.4, -0.2) is 56.3 Å². The lowest BCUT2D eigenvalue weighted by Gasteiger charge is -2.40. The van der Waals surface area contributed by atoms with Gasteiger partial charge in [-0.2, -0.15) is 0 Å². The Morgan fingerprint density at radius 1 is 1.25 bits per heavy atom. The topological polar surface area (TPSA) is 54.3 Å². The van der Waals surface area contributed by atoms with E-state index < -0.39 is 10.8 Å². The third-order valence-electron chi connectivity index (χ3n) is 4.86. The van der Waals surface area contributed by atoms with Crippen LogP contribution in [-0.2, 0) is 17.8 Å². The lowest BCUT2D eigenvalue weighted by atomic mass is 10.0. The van der Waals surface area contributed by atoms with E-state index in [4.69, 9.17) is 0 Å². The van der Waals surface area contributed by atoms with E-state index in [0.29, 0.717) is 12.1 Å². The predicted molar refractivity (Wildman–Crippen MR) is 98.8 cm³/mol. The lowest BCUT2D eigenvalue weighted by Crippen LogP contribution is -2.55. The van der Waals surface area contributed by atoms with Gasteiger partial charge in [0.2, 0.25) is 0 Å². The van der Waals surface area contributed by atoms with Gasteiger partial charge in [0.1, 0.15) is 0 Å². The number of fused-ring (bicyclic) bond motifs is 1. The number of carbonyl (C=O) groups is 1. The lowest BCUT2D eigenvalue weighted by molar-refractivity contribution is 0.0884. The molecule has 3 rings (SSSR count). The van der Waals surface area contributed by atoms with Gasteiger partial charge in [-0.1, -0.05) is 18.2 Å². The zero-order chi connectivity index (χ0) is 17.3. The molecule has 1 saturated heterocycles. The summed E-state index contributed by atoms with van der Waals surface area (Å²) in [6.07, 6.45) is 1.89. The third kappa shape index (κ3) is 3.39. The van der Waals surface area contributed by atoms with Crippen LogP contribution in [0.4, 0.5) is 0 Å². The number of rotatable bonds is 4. The molecule has 0 unspecified atom stereocenters. The maximum absolute atomic E-state index is 12.7. The molecular weight excluding hydrogens is 322 g/mol. The van der Waals surface area contributed by atoms with Crippen LogP contribution in [0, 0.1) is 0 Å². The smallest absolute Gasteiger partial charge is 0.253 e. The molecule has 6 heteroatoms. The van der Waals surface area contributed by atoms with Gasteiger partial charge < -0.3 is 9.88 Å². The van der Waals surface area contributed by atoms with Crippen molar-refractivity contribution in [3.8, 4) is 0 Å². The standard InChI is InChI=1S/C18H25N3O2S/c1-18(2,21-8-10-24(23)11-9-21)13-19-17(22)15-12-20(3)16-7-5-4-6-14(15)16/h4-7,12H,8-11,13H2,1-3H3,(H,19,22). The highest BCUT2D eigenvalue weighted by Gasteiger charge is 2.30. The number of hydrogen-bond donors (Lipinski definition) is 1. The molecule has 5 nitrogen and oxygen atoms in total. The Bertz CT molecular complexity index is 772. The van der Waals surface area contributed by atoms with E-state index in [1.807, 2.05) is 42.1 Å². The maximum atomic E-state index is 12.7. The molecule has 1 fully saturated rings. The molecule has 0 aliphatic carbocycles. The highest BCUT2D eigenvalue weighted by atomic mass is 32.2. The molecule has 1 aromatic heterocycles. The molecule has 24 heavy (non-hydrogen) atoms. The Morgan fingerprint density at radius 2 is 1.92 bits per heavy atom. The maximum Gasteiger partial charge on any atom is 0.253 e. The number of benzene rings is 1. The first kappa shape index (κ1) is 17.2. The zero-order valence-electron chi connectivity index (χ0n) is 14.5. The van der Waals surface area contributed by atoms with Crippen molar-refractivity contribution in [3.63, 3.8) is 0 Å². The van der Waals surface area contributed by atoms with Gasteiger partial charge in [-0.3, -0.25) is 13.9 Å². The van der Waals surface area contributed by atoms with Crippen LogP contribution in [0.2, 0.25) is 0 Å². The summed E-state index contributed by atoms with van der Waals surface area (Å²) in [4.78, 5) is 15.0. The zero-order valence-corrected chi connectivity index (χ0v) is 15.4. The molecule has 1 aliphatic heterocycles. The quantitative estimate of drug-likeness (QED) is 0.917. The largest absolute Gasteiger partial charge is 0.350 e. The summed E-state index contributed by atoms with van der Waals surface area (Å²) in [6, 6.07) is 7.93. The van der Waals surface area contributed by atoms with E-state index in [9.17, 15) is 9.00 Å². The number of nitrogens with one attached hydrogen (secondary N) is 1. The first-order chi connectivity index (χ1) is 11.4. The number of carbonyl (C=O) groups excluding carboxylic acids is 1. The van der Waals surface area contributed by atoms with Gasteiger partial charge in [-0.15, -0.1) is 0 Å². The van der Waals surface area contributed by atoms with Gasteiger partial charge in [0.05, 0.1) is 5.56 Å². The summed E-state index contributed by atoms with van der Waals surface area (Å²) in [5.74, 6) is 1.40. The fourth-order valence-electron chi connectivity index (χ4n) is 3.27. The summed E-state index contributed by atoms with van der Waals surface area (Å²) < 4.78 is 13.5. The van der Waals surface area contributed by atoms with Gasteiger partial charge in [0, 0.05) is 71.6 Å². The summed E-state index contributed by atoms with van der Waals surface area (Å²) in [5, 5.41) is 4.06. The predicted octanol–water partition coefficient (Wildman–Crippen LogP) is 1.75. The average molecular weight is 347 g/mol. The van der Waals surface area contributed by atoms with Crippen molar-refractivity contribution in [3.05, 3.63) is 36.0 Å². The molecule has 0 bridgehead atoms. The first-order valence-electron chi connectivity index (χ1n) is 8.31. The highest BCUT2D eigenvalue weighted by Crippen LogP contribution is 2.21. The van der Waals surface area contributed by atoms with Crippen LogP contribution < -0.4 is 5.32 Å². The summed E-state index contributed by atoms with van der Waals surface area (Å²) in [7, 11) is 1.27. The minimum absolute atomic E-state index is 0.0412. The van der Waals surface area contributed by atoms with E-state index >= 15 is 0 Å². The second-order valence-electron chi connectivity index (χ2n) is 7.00. The Morgan fingerprint density at radius 3 is 2.62 bits per heavy atom. The SMILES string of the molecule is Cn1cc(C(=O)NCC(C)(C)N2CCS(=O)CC2)c2ccccc21. The van der Waals surface area contributed by atoms with Gasteiger partial charge in [-0.25, -0.2) is 0 Å². The second kappa shape index (κ2) is 6.69. The van der Waals surface area contributed by atoms with E-state index in [-0.39, 0.29) is 11.4 Å². The van der Waals surface area contributed by atoms with Gasteiger partial charge >= 0.3 is 0 Å². The summed E-state index contributed by atoms with van der Waals surface area (Å²) >= 11 is 0. The fourth-order valence-corrected chi connectivity index (χ4v) is 4.32. The average Bonchev–Trinajstić information content (AvgIpc) is 2.91. The molecule has 1 aromatic carbocycles. The van der Waals surface area contributed by atoms with Crippen LogP contribution in [0.3, 0.4) is 0 Å². The summed E-state index contributed by atoms with van der Waals surface area (Å²) in [6.45, 7) is 6.48. The molecule has 0 radical (unpaired) electrons. The van der Waals surface area contributed by atoms with Gasteiger partial charge in [0.25, 0.3) is 5.91 Å². The molecule has 2 aromatic rings. The molecule has 1 N–H and O–H groups in total. The van der Waals surface area contributed by atoms with Crippen molar-refractivity contribution in [2.24, 2.45) is 7.05 Å². The van der Waals surface area contributed by atoms with Crippen molar-refractivity contribution in [2.75, 3.05) is 31.1 Å². The molecule has 0 spiro atoms. The normalized spacial score (nSPS) is 17.3. The van der Waals surface area contributed by atoms with E-state index in [2.05, 4.69) is 24.1 Å². The monoisotopic (exact) mass is 347 g/mol. The minimum Gasteiger partial charge on any atom is -0.350 e. The van der Waals surface area contributed by atoms with Crippen LogP contribution in [0.5, 0.6) is 0 Å². The molecule has 1 aliphatic rings. The molecule has 0 saturated carbocycles. The molecule has 2 heterocycles. The van der Waals surface area contributed by atoms with Crippen molar-refractivity contribution in [1.82, 2.24) is 14.8 Å².